The van der Waals surface area contributed by atoms with Gasteiger partial charge in [-0.3, -0.25) is 4.79 Å². The number of ether oxygens (including phenoxy) is 1. The third-order valence-electron chi connectivity index (χ3n) is 4.55. The number of hydrogen-bond acceptors (Lipinski definition) is 5. The molecular formula is C18H25NO6S. The number of carbonyl (C=O) groups excluding carboxylic acids is 1. The van der Waals surface area contributed by atoms with Gasteiger partial charge in [0.15, 0.2) is 9.84 Å². The van der Waals surface area contributed by atoms with Crippen LogP contribution in [-0.4, -0.2) is 50.4 Å². The fourth-order valence-corrected chi connectivity index (χ4v) is 3.83. The van der Waals surface area contributed by atoms with Crippen molar-refractivity contribution in [2.75, 3.05) is 19.0 Å². The minimum absolute atomic E-state index is 0.0379. The van der Waals surface area contributed by atoms with Crippen molar-refractivity contribution < 1.29 is 27.9 Å². The topological polar surface area (TPSA) is 110 Å². The predicted octanol–water partition coefficient (Wildman–Crippen LogP) is 1.41. The van der Waals surface area contributed by atoms with E-state index >= 15 is 0 Å². The van der Waals surface area contributed by atoms with Crippen LogP contribution in [0.25, 0.3) is 0 Å². The number of carboxylic acids is 1. The van der Waals surface area contributed by atoms with Gasteiger partial charge in [0.05, 0.1) is 17.3 Å². The maximum Gasteiger partial charge on any atom is 0.326 e. The van der Waals surface area contributed by atoms with Gasteiger partial charge in [-0.2, -0.15) is 0 Å². The summed E-state index contributed by atoms with van der Waals surface area (Å²) in [4.78, 5) is 23.8. The SMILES string of the molecule is CCS(=O)(=O)c1ccc(CCC(=O)NC(C(=O)O)C2CCCOC2)cc1. The molecule has 26 heavy (non-hydrogen) atoms. The van der Waals surface area contributed by atoms with E-state index in [0.29, 0.717) is 26.1 Å². The van der Waals surface area contributed by atoms with Gasteiger partial charge in [-0.25, -0.2) is 13.2 Å². The van der Waals surface area contributed by atoms with E-state index in [2.05, 4.69) is 5.32 Å². The van der Waals surface area contributed by atoms with Gasteiger partial charge in [0.25, 0.3) is 0 Å². The van der Waals surface area contributed by atoms with Gasteiger partial charge < -0.3 is 15.2 Å². The van der Waals surface area contributed by atoms with Gasteiger partial charge in [0.2, 0.25) is 5.91 Å². The molecule has 0 radical (unpaired) electrons. The molecule has 1 fully saturated rings. The van der Waals surface area contributed by atoms with Crippen LogP contribution >= 0.6 is 0 Å². The van der Waals surface area contributed by atoms with Gasteiger partial charge in [0, 0.05) is 18.9 Å². The van der Waals surface area contributed by atoms with E-state index in [1.165, 1.54) is 12.1 Å². The van der Waals surface area contributed by atoms with E-state index in [9.17, 15) is 23.1 Å². The quantitative estimate of drug-likeness (QED) is 0.702. The number of carboxylic acid groups (broad SMARTS) is 1. The largest absolute Gasteiger partial charge is 0.480 e. The molecule has 1 saturated heterocycles. The van der Waals surface area contributed by atoms with Crippen molar-refractivity contribution in [3.8, 4) is 0 Å². The van der Waals surface area contributed by atoms with Gasteiger partial charge in [-0.15, -0.1) is 0 Å². The lowest BCUT2D eigenvalue weighted by Crippen LogP contribution is -2.48. The minimum Gasteiger partial charge on any atom is -0.480 e. The molecule has 0 spiro atoms. The molecule has 1 heterocycles. The minimum atomic E-state index is -3.24. The average Bonchev–Trinajstić information content (AvgIpc) is 2.65. The molecule has 1 aromatic carbocycles. The Morgan fingerprint density at radius 1 is 1.31 bits per heavy atom. The molecule has 144 valence electrons. The zero-order chi connectivity index (χ0) is 19.2. The molecule has 1 aliphatic rings. The third-order valence-corrected chi connectivity index (χ3v) is 6.30. The summed E-state index contributed by atoms with van der Waals surface area (Å²) in [5, 5.41) is 11.9. The van der Waals surface area contributed by atoms with Crippen LogP contribution in [0.1, 0.15) is 31.7 Å². The van der Waals surface area contributed by atoms with E-state index in [-0.39, 0.29) is 28.9 Å². The van der Waals surface area contributed by atoms with E-state index < -0.39 is 21.8 Å². The molecule has 2 atom stereocenters. The number of sulfone groups is 1. The van der Waals surface area contributed by atoms with Crippen LogP contribution in [0.4, 0.5) is 0 Å². The zero-order valence-electron chi connectivity index (χ0n) is 14.8. The normalized spacial score (nSPS) is 18.9. The van der Waals surface area contributed by atoms with Crippen LogP contribution in [-0.2, 0) is 30.6 Å². The molecule has 2 unspecified atom stereocenters. The molecule has 1 amide bonds. The summed E-state index contributed by atoms with van der Waals surface area (Å²) in [5.41, 5.74) is 0.822. The molecule has 2 rings (SSSR count). The summed E-state index contributed by atoms with van der Waals surface area (Å²) in [7, 11) is -3.24. The lowest BCUT2D eigenvalue weighted by atomic mass is 9.93. The predicted molar refractivity (Wildman–Crippen MR) is 95.6 cm³/mol. The Labute approximate surface area is 153 Å². The number of aryl methyl sites for hydroxylation is 1. The van der Waals surface area contributed by atoms with Crippen molar-refractivity contribution in [2.45, 2.75) is 43.5 Å². The Bertz CT molecular complexity index is 723. The van der Waals surface area contributed by atoms with Gasteiger partial charge in [-0.05, 0) is 37.0 Å². The first-order valence-electron chi connectivity index (χ1n) is 8.75. The summed E-state index contributed by atoms with van der Waals surface area (Å²) >= 11 is 0. The first kappa shape index (κ1) is 20.4. The average molecular weight is 383 g/mol. The molecule has 8 heteroatoms. The molecule has 0 bridgehead atoms. The van der Waals surface area contributed by atoms with Gasteiger partial charge >= 0.3 is 5.97 Å². The summed E-state index contributed by atoms with van der Waals surface area (Å²) in [6.45, 7) is 2.55. The highest BCUT2D eigenvalue weighted by Gasteiger charge is 2.31. The Hall–Kier alpha value is -1.93. The first-order chi connectivity index (χ1) is 12.3. The number of hydrogen-bond donors (Lipinski definition) is 2. The number of aliphatic carboxylic acids is 1. The Kier molecular flexibility index (Phi) is 7.16. The highest BCUT2D eigenvalue weighted by atomic mass is 32.2. The molecule has 1 aliphatic heterocycles. The van der Waals surface area contributed by atoms with Crippen LogP contribution in [0.5, 0.6) is 0 Å². The van der Waals surface area contributed by atoms with Crippen molar-refractivity contribution in [3.63, 3.8) is 0 Å². The summed E-state index contributed by atoms with van der Waals surface area (Å²) in [6.07, 6.45) is 2.05. The Morgan fingerprint density at radius 2 is 2.00 bits per heavy atom. The number of amides is 1. The van der Waals surface area contributed by atoms with Crippen LogP contribution in [0.15, 0.2) is 29.2 Å². The van der Waals surface area contributed by atoms with Crippen molar-refractivity contribution in [2.24, 2.45) is 5.92 Å². The van der Waals surface area contributed by atoms with Crippen molar-refractivity contribution in [1.82, 2.24) is 5.32 Å². The number of nitrogens with one attached hydrogen (secondary N) is 1. The number of benzene rings is 1. The Morgan fingerprint density at radius 3 is 2.54 bits per heavy atom. The highest BCUT2D eigenvalue weighted by Crippen LogP contribution is 2.18. The zero-order valence-corrected chi connectivity index (χ0v) is 15.6. The fraction of sp³-hybridized carbons (Fsp3) is 0.556. The molecular weight excluding hydrogens is 358 g/mol. The van der Waals surface area contributed by atoms with Crippen LogP contribution in [0.2, 0.25) is 0 Å². The maximum atomic E-state index is 12.1. The molecule has 0 aliphatic carbocycles. The van der Waals surface area contributed by atoms with Crippen molar-refractivity contribution >= 4 is 21.7 Å². The molecule has 7 nitrogen and oxygen atoms in total. The third kappa shape index (κ3) is 5.54. The second-order valence-corrected chi connectivity index (χ2v) is 8.69. The standard InChI is InChI=1S/C18H25NO6S/c1-2-26(23,24)15-8-5-13(6-9-15)7-10-16(20)19-17(18(21)22)14-4-3-11-25-12-14/h5-6,8-9,14,17H,2-4,7,10-12H2,1H3,(H,19,20)(H,21,22). The Balaban J connectivity index is 1.90. The monoisotopic (exact) mass is 383 g/mol. The number of rotatable bonds is 8. The summed E-state index contributed by atoms with van der Waals surface area (Å²) in [5.74, 6) is -1.57. The molecule has 1 aromatic rings. The lowest BCUT2D eigenvalue weighted by Gasteiger charge is -2.28. The van der Waals surface area contributed by atoms with Gasteiger partial charge in [0.1, 0.15) is 6.04 Å². The van der Waals surface area contributed by atoms with E-state index in [1.54, 1.807) is 19.1 Å². The highest BCUT2D eigenvalue weighted by molar-refractivity contribution is 7.91. The summed E-state index contributed by atoms with van der Waals surface area (Å²) < 4.78 is 28.9. The maximum absolute atomic E-state index is 12.1. The summed E-state index contributed by atoms with van der Waals surface area (Å²) in [6, 6.07) is 5.48. The first-order valence-corrected chi connectivity index (χ1v) is 10.4. The van der Waals surface area contributed by atoms with E-state index in [1.807, 2.05) is 0 Å². The molecule has 0 aromatic heterocycles. The smallest absolute Gasteiger partial charge is 0.326 e. The van der Waals surface area contributed by atoms with Crippen molar-refractivity contribution in [1.29, 1.82) is 0 Å². The molecule has 0 saturated carbocycles. The van der Waals surface area contributed by atoms with Crippen LogP contribution in [0.3, 0.4) is 0 Å². The van der Waals surface area contributed by atoms with Crippen molar-refractivity contribution in [3.05, 3.63) is 29.8 Å². The molecule has 2 N–H and O–H groups in total. The van der Waals surface area contributed by atoms with Gasteiger partial charge in [-0.1, -0.05) is 19.1 Å². The van der Waals surface area contributed by atoms with E-state index in [0.717, 1.165) is 12.0 Å². The fourth-order valence-electron chi connectivity index (χ4n) is 2.94. The second kappa shape index (κ2) is 9.14. The van der Waals surface area contributed by atoms with E-state index in [4.69, 9.17) is 4.74 Å². The van der Waals surface area contributed by atoms with Crippen LogP contribution < -0.4 is 5.32 Å². The van der Waals surface area contributed by atoms with Crippen LogP contribution in [0, 0.1) is 5.92 Å². The number of carbonyl (C=O) groups is 2. The lowest BCUT2D eigenvalue weighted by molar-refractivity contribution is -0.145. The second-order valence-electron chi connectivity index (χ2n) is 6.41.